The van der Waals surface area contributed by atoms with Crippen molar-refractivity contribution in [3.05, 3.63) is 35.4 Å². The van der Waals surface area contributed by atoms with E-state index in [0.717, 1.165) is 30.5 Å². The first-order valence-electron chi connectivity index (χ1n) is 7.35. The lowest BCUT2D eigenvalue weighted by Gasteiger charge is -2.25. The van der Waals surface area contributed by atoms with E-state index in [-0.39, 0.29) is 5.91 Å². The predicted molar refractivity (Wildman–Crippen MR) is 80.9 cm³/mol. The number of carbonyl (C=O) groups is 1. The minimum absolute atomic E-state index is 0.281. The van der Waals surface area contributed by atoms with Gasteiger partial charge in [0.1, 0.15) is 0 Å². The molecule has 0 aromatic heterocycles. The van der Waals surface area contributed by atoms with Crippen molar-refractivity contribution in [2.45, 2.75) is 38.6 Å². The maximum absolute atomic E-state index is 12.1. The molecule has 1 aromatic carbocycles. The molecule has 1 amide bonds. The summed E-state index contributed by atoms with van der Waals surface area (Å²) in [7, 11) is 0. The minimum Gasteiger partial charge on any atom is -0.338 e. The highest BCUT2D eigenvalue weighted by atomic mass is 16.2. The molecule has 20 heavy (non-hydrogen) atoms. The van der Waals surface area contributed by atoms with Crippen molar-refractivity contribution in [1.29, 1.82) is 0 Å². The molecule has 1 fully saturated rings. The van der Waals surface area contributed by atoms with Gasteiger partial charge in [-0.1, -0.05) is 36.8 Å². The summed E-state index contributed by atoms with van der Waals surface area (Å²) in [6.45, 7) is 1.93. The molecule has 2 N–H and O–H groups in total. The second kappa shape index (κ2) is 7.72. The fourth-order valence-corrected chi connectivity index (χ4v) is 2.50. The summed E-state index contributed by atoms with van der Waals surface area (Å²) in [4.78, 5) is 14.1. The van der Waals surface area contributed by atoms with E-state index in [9.17, 15) is 4.79 Å². The number of likely N-dealkylation sites (tertiary alicyclic amines) is 1. The van der Waals surface area contributed by atoms with Crippen molar-refractivity contribution < 1.29 is 4.79 Å². The summed E-state index contributed by atoms with van der Waals surface area (Å²) >= 11 is 0. The molecule has 3 heteroatoms. The van der Waals surface area contributed by atoms with Crippen LogP contribution >= 0.6 is 0 Å². The van der Waals surface area contributed by atoms with E-state index in [0.29, 0.717) is 19.5 Å². The largest absolute Gasteiger partial charge is 0.338 e. The summed E-state index contributed by atoms with van der Waals surface area (Å²) in [6.07, 6.45) is 5.23. The second-order valence-corrected chi connectivity index (χ2v) is 5.19. The Morgan fingerprint density at radius 1 is 1.20 bits per heavy atom. The Labute approximate surface area is 121 Å². The van der Waals surface area contributed by atoms with E-state index >= 15 is 0 Å². The van der Waals surface area contributed by atoms with Crippen molar-refractivity contribution in [3.63, 3.8) is 0 Å². The van der Waals surface area contributed by atoms with Crippen molar-refractivity contribution in [2.24, 2.45) is 5.73 Å². The lowest BCUT2D eigenvalue weighted by atomic mass is 10.1. The summed E-state index contributed by atoms with van der Waals surface area (Å²) in [5.41, 5.74) is 7.49. The maximum Gasteiger partial charge on any atom is 0.222 e. The average molecular weight is 270 g/mol. The molecule has 1 aliphatic heterocycles. The van der Waals surface area contributed by atoms with Gasteiger partial charge in [-0.25, -0.2) is 0 Å². The van der Waals surface area contributed by atoms with Gasteiger partial charge >= 0.3 is 0 Å². The highest BCUT2D eigenvalue weighted by Crippen LogP contribution is 2.15. The fraction of sp³-hybridized carbons (Fsp3) is 0.471. The van der Waals surface area contributed by atoms with Gasteiger partial charge in [0.2, 0.25) is 5.91 Å². The predicted octanol–water partition coefficient (Wildman–Crippen LogP) is 2.29. The van der Waals surface area contributed by atoms with Gasteiger partial charge in [0.05, 0.1) is 6.54 Å². The molecule has 3 nitrogen and oxygen atoms in total. The fourth-order valence-electron chi connectivity index (χ4n) is 2.50. The normalized spacial score (nSPS) is 16.1. The third kappa shape index (κ3) is 4.40. The van der Waals surface area contributed by atoms with Crippen molar-refractivity contribution >= 4 is 5.91 Å². The molecule has 0 unspecified atom stereocenters. The van der Waals surface area contributed by atoms with Crippen LogP contribution < -0.4 is 5.73 Å². The number of hydrogen-bond donors (Lipinski definition) is 1. The SMILES string of the molecule is NCC#Cc1cccc(CN2CCCCCCC2=O)c1. The van der Waals surface area contributed by atoms with Crippen molar-refractivity contribution in [3.8, 4) is 11.8 Å². The van der Waals surface area contributed by atoms with Crippen molar-refractivity contribution in [1.82, 2.24) is 4.90 Å². The Hall–Kier alpha value is -1.79. The summed E-state index contributed by atoms with van der Waals surface area (Å²) in [5.74, 6) is 6.18. The van der Waals surface area contributed by atoms with Crippen molar-refractivity contribution in [2.75, 3.05) is 13.1 Å². The van der Waals surface area contributed by atoms with Crippen LogP contribution in [0.25, 0.3) is 0 Å². The van der Waals surface area contributed by atoms with E-state index in [1.165, 1.54) is 12.8 Å². The quantitative estimate of drug-likeness (QED) is 0.838. The molecule has 2 rings (SSSR count). The molecular formula is C17H22N2O. The molecule has 1 saturated heterocycles. The number of hydrogen-bond acceptors (Lipinski definition) is 2. The van der Waals surface area contributed by atoms with Crippen LogP contribution in [0.5, 0.6) is 0 Å². The monoisotopic (exact) mass is 270 g/mol. The van der Waals surface area contributed by atoms with Gasteiger partial charge in [-0.2, -0.15) is 0 Å². The molecule has 0 spiro atoms. The second-order valence-electron chi connectivity index (χ2n) is 5.19. The van der Waals surface area contributed by atoms with Crippen LogP contribution in [0.4, 0.5) is 0 Å². The highest BCUT2D eigenvalue weighted by Gasteiger charge is 2.15. The number of benzene rings is 1. The lowest BCUT2D eigenvalue weighted by Crippen LogP contribution is -2.32. The Balaban J connectivity index is 2.05. The standard InChI is InChI=1S/C17H22N2O/c18-11-6-9-15-7-5-8-16(13-15)14-19-12-4-2-1-3-10-17(19)20/h5,7-8,13H,1-4,10-12,14,18H2. The molecule has 0 bridgehead atoms. The molecule has 0 atom stereocenters. The van der Waals surface area contributed by atoms with E-state index in [2.05, 4.69) is 24.0 Å². The van der Waals surface area contributed by atoms with Crippen LogP contribution in [0.3, 0.4) is 0 Å². The topological polar surface area (TPSA) is 46.3 Å². The first-order chi connectivity index (χ1) is 9.79. The number of nitrogens with two attached hydrogens (primary N) is 1. The zero-order valence-corrected chi connectivity index (χ0v) is 11.9. The molecule has 0 saturated carbocycles. The van der Waals surface area contributed by atoms with Gasteiger partial charge in [-0.15, -0.1) is 0 Å². The summed E-state index contributed by atoms with van der Waals surface area (Å²) in [6, 6.07) is 8.07. The van der Waals surface area contributed by atoms with Gasteiger partial charge in [0, 0.05) is 25.1 Å². The molecule has 1 aliphatic rings. The van der Waals surface area contributed by atoms with E-state index in [1.54, 1.807) is 0 Å². The molecule has 0 radical (unpaired) electrons. The van der Waals surface area contributed by atoms with Gasteiger partial charge < -0.3 is 10.6 Å². The van der Waals surface area contributed by atoms with Gasteiger partial charge in [-0.3, -0.25) is 4.79 Å². The number of carbonyl (C=O) groups excluding carboxylic acids is 1. The smallest absolute Gasteiger partial charge is 0.222 e. The van der Waals surface area contributed by atoms with E-state index in [1.807, 2.05) is 17.0 Å². The Bertz CT molecular complexity index is 513. The first-order valence-corrected chi connectivity index (χ1v) is 7.35. The number of rotatable bonds is 2. The van der Waals surface area contributed by atoms with E-state index in [4.69, 9.17) is 5.73 Å². The lowest BCUT2D eigenvalue weighted by molar-refractivity contribution is -0.132. The van der Waals surface area contributed by atoms with Gasteiger partial charge in [0.25, 0.3) is 0 Å². The third-order valence-electron chi connectivity index (χ3n) is 3.56. The van der Waals surface area contributed by atoms with Crippen LogP contribution in [0.1, 0.15) is 43.2 Å². The van der Waals surface area contributed by atoms with E-state index < -0.39 is 0 Å². The Morgan fingerprint density at radius 3 is 2.90 bits per heavy atom. The maximum atomic E-state index is 12.1. The Kier molecular flexibility index (Phi) is 5.64. The van der Waals surface area contributed by atoms with Gasteiger partial charge in [0.15, 0.2) is 0 Å². The Morgan fingerprint density at radius 2 is 2.05 bits per heavy atom. The molecular weight excluding hydrogens is 248 g/mol. The minimum atomic E-state index is 0.281. The number of amides is 1. The van der Waals surface area contributed by atoms with Crippen LogP contribution in [-0.2, 0) is 11.3 Å². The number of nitrogens with zero attached hydrogens (tertiary/aromatic N) is 1. The zero-order valence-electron chi connectivity index (χ0n) is 11.9. The summed E-state index contributed by atoms with van der Waals surface area (Å²) < 4.78 is 0. The average Bonchev–Trinajstić information content (AvgIpc) is 2.45. The molecule has 1 heterocycles. The molecule has 0 aliphatic carbocycles. The third-order valence-corrected chi connectivity index (χ3v) is 3.56. The van der Waals surface area contributed by atoms with Crippen LogP contribution in [0, 0.1) is 11.8 Å². The zero-order chi connectivity index (χ0) is 14.2. The first kappa shape index (κ1) is 14.6. The van der Waals surface area contributed by atoms with Crippen LogP contribution in [-0.4, -0.2) is 23.9 Å². The molecule has 106 valence electrons. The van der Waals surface area contributed by atoms with Crippen LogP contribution in [0.2, 0.25) is 0 Å². The summed E-state index contributed by atoms with van der Waals surface area (Å²) in [5, 5.41) is 0. The van der Waals surface area contributed by atoms with Gasteiger partial charge in [-0.05, 0) is 30.5 Å². The highest BCUT2D eigenvalue weighted by molar-refractivity contribution is 5.76. The molecule has 1 aromatic rings. The van der Waals surface area contributed by atoms with Crippen LogP contribution in [0.15, 0.2) is 24.3 Å².